The molecule has 2 heterocycles. The number of imide groups is 1. The molecular formula is C25H20N4O6S2. The first-order valence-corrected chi connectivity index (χ1v) is 13.4. The van der Waals surface area contributed by atoms with Gasteiger partial charge in [0.2, 0.25) is 17.7 Å². The van der Waals surface area contributed by atoms with Crippen molar-refractivity contribution >= 4 is 68.1 Å². The van der Waals surface area contributed by atoms with Gasteiger partial charge in [-0.15, -0.1) is 11.3 Å². The summed E-state index contributed by atoms with van der Waals surface area (Å²) in [5.41, 5.74) is 1.06. The van der Waals surface area contributed by atoms with Crippen molar-refractivity contribution < 1.29 is 24.0 Å². The Balaban J connectivity index is 1.15. The summed E-state index contributed by atoms with van der Waals surface area (Å²) in [7, 11) is 1.40. The smallest absolute Gasteiger partial charge is 0.296 e. The molecule has 188 valence electrons. The standard InChI is InChI=1S/C25H20N4O6S2/c1-35-15-5-7-16(18(10-15)29(33)34)26-20(30)11-36-25-27-17-6-4-14(9-19(17)37-25)28-23(31)21-12-2-3-13(8-12)22(21)24(28)32/h2-7,9-10,12-13,21-22H,8,11H2,1H3,(H,26,30)/t12-,13-,21+,22+/m0/s1. The molecule has 1 aliphatic heterocycles. The third kappa shape index (κ3) is 3.96. The number of anilines is 2. The van der Waals surface area contributed by atoms with E-state index in [4.69, 9.17) is 4.74 Å². The fraction of sp³-hybridized carbons (Fsp3) is 0.280. The second kappa shape index (κ2) is 8.96. The van der Waals surface area contributed by atoms with Gasteiger partial charge in [-0.05, 0) is 48.6 Å². The second-order valence-corrected chi connectivity index (χ2v) is 11.4. The van der Waals surface area contributed by atoms with Crippen LogP contribution in [-0.2, 0) is 14.4 Å². The predicted molar refractivity (Wildman–Crippen MR) is 139 cm³/mol. The molecule has 1 saturated carbocycles. The third-order valence-corrected chi connectivity index (χ3v) is 9.24. The Morgan fingerprint density at radius 1 is 1.19 bits per heavy atom. The van der Waals surface area contributed by atoms with E-state index in [9.17, 15) is 24.5 Å². The number of thioether (sulfide) groups is 1. The number of methoxy groups -OCH3 is 1. The molecule has 3 aromatic rings. The number of ether oxygens (including phenoxy) is 1. The van der Waals surface area contributed by atoms with Crippen LogP contribution < -0.4 is 15.0 Å². The number of amides is 3. The lowest BCUT2D eigenvalue weighted by Crippen LogP contribution is -2.32. The molecule has 0 spiro atoms. The summed E-state index contributed by atoms with van der Waals surface area (Å²) in [6, 6.07) is 9.51. The van der Waals surface area contributed by atoms with Gasteiger partial charge in [0, 0.05) is 0 Å². The Morgan fingerprint density at radius 2 is 1.92 bits per heavy atom. The van der Waals surface area contributed by atoms with Gasteiger partial charge < -0.3 is 10.1 Å². The number of allylic oxidation sites excluding steroid dienone is 2. The number of nitrogens with one attached hydrogen (secondary N) is 1. The molecule has 2 bridgehead atoms. The highest BCUT2D eigenvalue weighted by atomic mass is 32.2. The summed E-state index contributed by atoms with van der Waals surface area (Å²) < 4.78 is 6.44. The first-order valence-electron chi connectivity index (χ1n) is 11.6. The first kappa shape index (κ1) is 23.6. The number of hydrogen-bond donors (Lipinski definition) is 1. The monoisotopic (exact) mass is 536 g/mol. The summed E-state index contributed by atoms with van der Waals surface area (Å²) in [5.74, 6) is -0.577. The minimum atomic E-state index is -0.583. The molecule has 2 aromatic carbocycles. The molecule has 2 aliphatic carbocycles. The minimum absolute atomic E-state index is 0.00189. The molecule has 0 radical (unpaired) electrons. The number of rotatable bonds is 7. The summed E-state index contributed by atoms with van der Waals surface area (Å²) >= 11 is 2.56. The van der Waals surface area contributed by atoms with Gasteiger partial charge in [0.15, 0.2) is 4.34 Å². The van der Waals surface area contributed by atoms with Gasteiger partial charge in [0.05, 0.1) is 51.6 Å². The van der Waals surface area contributed by atoms with Crippen molar-refractivity contribution in [2.24, 2.45) is 23.7 Å². The van der Waals surface area contributed by atoms with Crippen LogP contribution in [0.5, 0.6) is 5.75 Å². The zero-order valence-corrected chi connectivity index (χ0v) is 21.1. The van der Waals surface area contributed by atoms with Crippen LogP contribution in [0.1, 0.15) is 6.42 Å². The third-order valence-electron chi connectivity index (χ3n) is 7.08. The number of nitrogens with zero attached hydrogens (tertiary/aromatic N) is 3. The average Bonchev–Trinajstić information content (AvgIpc) is 3.65. The van der Waals surface area contributed by atoms with Gasteiger partial charge in [-0.25, -0.2) is 9.88 Å². The molecule has 4 atom stereocenters. The first-order chi connectivity index (χ1) is 17.8. The van der Waals surface area contributed by atoms with E-state index < -0.39 is 10.8 Å². The molecule has 2 fully saturated rings. The van der Waals surface area contributed by atoms with Crippen LogP contribution in [-0.4, -0.2) is 40.5 Å². The van der Waals surface area contributed by atoms with Crippen LogP contribution in [0.2, 0.25) is 0 Å². The summed E-state index contributed by atoms with van der Waals surface area (Å²) in [6.45, 7) is 0. The highest BCUT2D eigenvalue weighted by Gasteiger charge is 2.59. The summed E-state index contributed by atoms with van der Waals surface area (Å²) in [4.78, 5) is 55.3. The maximum atomic E-state index is 13.1. The van der Waals surface area contributed by atoms with Crippen molar-refractivity contribution in [3.05, 3.63) is 58.7 Å². The van der Waals surface area contributed by atoms with E-state index in [2.05, 4.69) is 22.5 Å². The summed E-state index contributed by atoms with van der Waals surface area (Å²) in [5, 5.41) is 13.9. The average molecular weight is 537 g/mol. The zero-order chi connectivity index (χ0) is 25.8. The van der Waals surface area contributed by atoms with Crippen molar-refractivity contribution in [1.82, 2.24) is 4.98 Å². The van der Waals surface area contributed by atoms with Crippen LogP contribution >= 0.6 is 23.1 Å². The molecule has 1 N–H and O–H groups in total. The number of hydrogen-bond acceptors (Lipinski definition) is 9. The maximum absolute atomic E-state index is 13.1. The molecule has 1 saturated heterocycles. The van der Waals surface area contributed by atoms with Gasteiger partial charge in [0.1, 0.15) is 11.4 Å². The number of nitro benzene ring substituents is 1. The number of carbonyl (C=O) groups is 3. The molecule has 6 rings (SSSR count). The lowest BCUT2D eigenvalue weighted by molar-refractivity contribution is -0.384. The molecular weight excluding hydrogens is 516 g/mol. The van der Waals surface area contributed by atoms with Gasteiger partial charge in [0.25, 0.3) is 5.69 Å². The van der Waals surface area contributed by atoms with E-state index >= 15 is 0 Å². The Hall–Kier alpha value is -3.77. The fourth-order valence-electron chi connectivity index (χ4n) is 5.46. The van der Waals surface area contributed by atoms with E-state index in [0.717, 1.165) is 11.1 Å². The zero-order valence-electron chi connectivity index (χ0n) is 19.5. The van der Waals surface area contributed by atoms with Crippen molar-refractivity contribution in [2.45, 2.75) is 10.8 Å². The van der Waals surface area contributed by atoms with Crippen LogP contribution in [0.15, 0.2) is 52.9 Å². The second-order valence-electron chi connectivity index (χ2n) is 9.12. The molecule has 0 unspecified atom stereocenters. The Bertz CT molecular complexity index is 1490. The van der Waals surface area contributed by atoms with Crippen molar-refractivity contribution in [2.75, 3.05) is 23.1 Å². The Morgan fingerprint density at radius 3 is 2.59 bits per heavy atom. The lowest BCUT2D eigenvalue weighted by Gasteiger charge is -2.17. The molecule has 37 heavy (non-hydrogen) atoms. The van der Waals surface area contributed by atoms with Crippen LogP contribution in [0.4, 0.5) is 17.1 Å². The van der Waals surface area contributed by atoms with Gasteiger partial charge in [-0.3, -0.25) is 24.5 Å². The van der Waals surface area contributed by atoms with Crippen molar-refractivity contribution in [1.29, 1.82) is 0 Å². The van der Waals surface area contributed by atoms with E-state index in [-0.39, 0.29) is 52.6 Å². The number of thiazole rings is 1. The van der Waals surface area contributed by atoms with Crippen molar-refractivity contribution in [3.63, 3.8) is 0 Å². The molecule has 3 aliphatic rings. The molecule has 12 heteroatoms. The normalized spacial score (nSPS) is 23.6. The fourth-order valence-corrected chi connectivity index (χ4v) is 7.36. The van der Waals surface area contributed by atoms with Crippen LogP contribution in [0.25, 0.3) is 10.2 Å². The Labute approximate surface area is 218 Å². The van der Waals surface area contributed by atoms with Crippen LogP contribution in [0.3, 0.4) is 0 Å². The quantitative estimate of drug-likeness (QED) is 0.156. The molecule has 3 amide bonds. The minimum Gasteiger partial charge on any atom is -0.496 e. The number of fused-ring (bicyclic) bond motifs is 6. The number of benzene rings is 2. The topological polar surface area (TPSA) is 132 Å². The molecule has 10 nitrogen and oxygen atoms in total. The van der Waals surface area contributed by atoms with Gasteiger partial charge >= 0.3 is 0 Å². The van der Waals surface area contributed by atoms with Gasteiger partial charge in [-0.2, -0.15) is 0 Å². The maximum Gasteiger partial charge on any atom is 0.296 e. The molecule has 1 aromatic heterocycles. The van der Waals surface area contributed by atoms with Crippen LogP contribution in [0, 0.1) is 33.8 Å². The van der Waals surface area contributed by atoms with Gasteiger partial charge in [-0.1, -0.05) is 23.9 Å². The van der Waals surface area contributed by atoms with E-state index in [0.29, 0.717) is 21.3 Å². The lowest BCUT2D eigenvalue weighted by atomic mass is 9.85. The number of nitro groups is 1. The predicted octanol–water partition coefficient (Wildman–Crippen LogP) is 4.26. The van der Waals surface area contributed by atoms with E-state index in [1.807, 2.05) is 0 Å². The number of aromatic nitrogens is 1. The SMILES string of the molecule is COc1ccc(NC(=O)CSc2nc3ccc(N4C(=O)[C@H]5[C@H](C4=O)[C@H]4C=C[C@H]5C4)cc3s2)c([N+](=O)[O-])c1. The van der Waals surface area contributed by atoms with E-state index in [1.165, 1.54) is 53.3 Å². The highest BCUT2D eigenvalue weighted by molar-refractivity contribution is 8.01. The van der Waals surface area contributed by atoms with E-state index in [1.54, 1.807) is 18.2 Å². The highest BCUT2D eigenvalue weighted by Crippen LogP contribution is 2.53. The number of carbonyl (C=O) groups excluding carboxylic acids is 3. The Kier molecular flexibility index (Phi) is 5.72. The summed E-state index contributed by atoms with van der Waals surface area (Å²) in [6.07, 6.45) is 5.02. The van der Waals surface area contributed by atoms with Crippen molar-refractivity contribution in [3.8, 4) is 5.75 Å². The largest absolute Gasteiger partial charge is 0.496 e.